The number of carbonyl (C=O) groups excluding carboxylic acids is 1. The lowest BCUT2D eigenvalue weighted by Crippen LogP contribution is -2.36. The van der Waals surface area contributed by atoms with E-state index in [4.69, 9.17) is 23.2 Å². The van der Waals surface area contributed by atoms with Crippen molar-refractivity contribution in [2.24, 2.45) is 5.41 Å². The van der Waals surface area contributed by atoms with Crippen molar-refractivity contribution in [3.8, 4) is 0 Å². The molecule has 0 saturated heterocycles. The predicted molar refractivity (Wildman–Crippen MR) is 111 cm³/mol. The summed E-state index contributed by atoms with van der Waals surface area (Å²) in [5, 5.41) is 1.95. The Bertz CT molecular complexity index is 933. The molecule has 138 valence electrons. The summed E-state index contributed by atoms with van der Waals surface area (Å²) in [7, 11) is -2.44. The molecule has 7 heteroatoms. The first-order chi connectivity index (χ1) is 12.1. The monoisotopic (exact) mass is 474 g/mol. The zero-order chi connectivity index (χ0) is 19.5. The number of rotatable bonds is 6. The second kappa shape index (κ2) is 8.70. The number of Topliss-reactive ketones (excluding diaryl/α,β-unsaturated/α-hetero) is 1. The minimum absolute atomic E-state index is 0.262. The van der Waals surface area contributed by atoms with Crippen LogP contribution in [-0.2, 0) is 15.1 Å². The third kappa shape index (κ3) is 4.97. The Morgan fingerprint density at radius 2 is 1.73 bits per heavy atom. The first-order valence-corrected chi connectivity index (χ1v) is 10.6. The lowest BCUT2D eigenvalue weighted by molar-refractivity contribution is -0.123. The SMILES string of the molecule is CC(C)(C=S(=O)=O)C(=O)C(Br)C(c1ccccc1)c1ccc(Cl)cc1Cl. The van der Waals surface area contributed by atoms with Gasteiger partial charge < -0.3 is 0 Å². The summed E-state index contributed by atoms with van der Waals surface area (Å²) in [6.07, 6.45) is 0. The Labute approximate surface area is 173 Å². The van der Waals surface area contributed by atoms with Crippen molar-refractivity contribution in [1.82, 2.24) is 0 Å². The maximum absolute atomic E-state index is 13.0. The molecule has 2 rings (SSSR count). The molecule has 0 heterocycles. The van der Waals surface area contributed by atoms with Gasteiger partial charge in [0.05, 0.1) is 10.2 Å². The van der Waals surface area contributed by atoms with Gasteiger partial charge in [0.1, 0.15) is 0 Å². The third-order valence-electron chi connectivity index (χ3n) is 4.03. The predicted octanol–water partition coefficient (Wildman–Crippen LogP) is 5.17. The fourth-order valence-corrected chi connectivity index (χ4v) is 5.03. The van der Waals surface area contributed by atoms with Gasteiger partial charge in [-0.25, -0.2) is 0 Å². The van der Waals surface area contributed by atoms with Crippen LogP contribution in [0.5, 0.6) is 0 Å². The van der Waals surface area contributed by atoms with Crippen LogP contribution in [0, 0.1) is 5.41 Å². The molecule has 0 bridgehead atoms. The first kappa shape index (κ1) is 21.2. The molecule has 2 aromatic rings. The van der Waals surface area contributed by atoms with Crippen LogP contribution in [0.2, 0.25) is 10.0 Å². The smallest absolute Gasteiger partial charge is 0.210 e. The number of ketones is 1. The van der Waals surface area contributed by atoms with Gasteiger partial charge in [0, 0.05) is 21.3 Å². The van der Waals surface area contributed by atoms with Gasteiger partial charge in [-0.1, -0.05) is 75.5 Å². The molecule has 0 fully saturated rings. The molecule has 0 aliphatic rings. The number of benzene rings is 2. The Hall–Kier alpha value is -1.14. The van der Waals surface area contributed by atoms with E-state index in [0.717, 1.165) is 16.5 Å². The molecule has 0 saturated carbocycles. The molecule has 26 heavy (non-hydrogen) atoms. The van der Waals surface area contributed by atoms with E-state index < -0.39 is 26.5 Å². The van der Waals surface area contributed by atoms with Gasteiger partial charge in [0.25, 0.3) is 0 Å². The van der Waals surface area contributed by atoms with E-state index in [1.54, 1.807) is 32.0 Å². The molecule has 0 aromatic heterocycles. The Balaban J connectivity index is 2.58. The van der Waals surface area contributed by atoms with Crippen LogP contribution in [0.3, 0.4) is 0 Å². The van der Waals surface area contributed by atoms with Crippen LogP contribution < -0.4 is 0 Å². The van der Waals surface area contributed by atoms with E-state index in [9.17, 15) is 13.2 Å². The zero-order valence-electron chi connectivity index (χ0n) is 14.1. The highest BCUT2D eigenvalue weighted by atomic mass is 79.9. The highest BCUT2D eigenvalue weighted by Gasteiger charge is 2.37. The molecule has 0 radical (unpaired) electrons. The normalized spacial score (nSPS) is 13.7. The molecular weight excluding hydrogens is 459 g/mol. The zero-order valence-corrected chi connectivity index (χ0v) is 18.0. The van der Waals surface area contributed by atoms with E-state index in [-0.39, 0.29) is 5.78 Å². The summed E-state index contributed by atoms with van der Waals surface area (Å²) >= 11 is 15.9. The fraction of sp³-hybridized carbons (Fsp3) is 0.263. The van der Waals surface area contributed by atoms with Crippen molar-refractivity contribution < 1.29 is 13.2 Å². The van der Waals surface area contributed by atoms with Crippen LogP contribution in [0.15, 0.2) is 48.5 Å². The minimum atomic E-state index is -2.44. The molecule has 2 aromatic carbocycles. The molecule has 2 atom stereocenters. The molecular formula is C19H17BrCl2O3S. The van der Waals surface area contributed by atoms with Crippen molar-refractivity contribution in [3.05, 3.63) is 69.7 Å². The molecule has 0 spiro atoms. The summed E-state index contributed by atoms with van der Waals surface area (Å²) in [6, 6.07) is 14.6. The average Bonchev–Trinajstić information content (AvgIpc) is 2.56. The minimum Gasteiger partial charge on any atom is -0.297 e. The maximum Gasteiger partial charge on any atom is 0.210 e. The highest BCUT2D eigenvalue weighted by molar-refractivity contribution is 9.10. The number of alkyl halides is 1. The summed E-state index contributed by atoms with van der Waals surface area (Å²) in [6.45, 7) is 3.15. The average molecular weight is 476 g/mol. The summed E-state index contributed by atoms with van der Waals surface area (Å²) in [4.78, 5) is 12.4. The Kier molecular flexibility index (Phi) is 7.08. The third-order valence-corrected chi connectivity index (χ3v) is 6.31. The van der Waals surface area contributed by atoms with Crippen molar-refractivity contribution in [2.45, 2.75) is 24.6 Å². The largest absolute Gasteiger partial charge is 0.297 e. The van der Waals surface area contributed by atoms with Gasteiger partial charge in [0.15, 0.2) is 5.78 Å². The van der Waals surface area contributed by atoms with Crippen LogP contribution in [0.1, 0.15) is 30.9 Å². The van der Waals surface area contributed by atoms with Gasteiger partial charge in [-0.3, -0.25) is 4.79 Å². The van der Waals surface area contributed by atoms with Crippen molar-refractivity contribution in [3.63, 3.8) is 0 Å². The first-order valence-electron chi connectivity index (χ1n) is 7.76. The number of halogens is 3. The molecule has 0 N–H and O–H groups in total. The number of carbonyl (C=O) groups is 1. The van der Waals surface area contributed by atoms with Crippen molar-refractivity contribution in [2.75, 3.05) is 0 Å². The standard InChI is InChI=1S/C19H17BrCl2O3S/c1-19(2,11-26(24)25)18(23)17(20)16(12-6-4-3-5-7-12)14-9-8-13(21)10-15(14)22/h3-11,16-17H,1-2H3. The second-order valence-corrected chi connectivity index (χ2v) is 9.01. The Morgan fingerprint density at radius 3 is 2.27 bits per heavy atom. The molecule has 0 amide bonds. The van der Waals surface area contributed by atoms with Gasteiger partial charge in [-0.2, -0.15) is 8.42 Å². The molecule has 0 aliphatic heterocycles. The Morgan fingerprint density at radius 1 is 1.12 bits per heavy atom. The van der Waals surface area contributed by atoms with Crippen molar-refractivity contribution >= 4 is 60.6 Å². The maximum atomic E-state index is 13.0. The van der Waals surface area contributed by atoms with Gasteiger partial charge in [-0.05, 0) is 37.1 Å². The van der Waals surface area contributed by atoms with Gasteiger partial charge in [-0.15, -0.1) is 0 Å². The summed E-state index contributed by atoms with van der Waals surface area (Å²) in [5.41, 5.74) is 0.453. The second-order valence-electron chi connectivity index (χ2n) is 6.42. The van der Waals surface area contributed by atoms with E-state index in [1.165, 1.54) is 0 Å². The lowest BCUT2D eigenvalue weighted by Gasteiger charge is -2.28. The number of hydrogen-bond donors (Lipinski definition) is 0. The fourth-order valence-electron chi connectivity index (χ4n) is 2.73. The van der Waals surface area contributed by atoms with E-state index in [0.29, 0.717) is 10.0 Å². The van der Waals surface area contributed by atoms with E-state index >= 15 is 0 Å². The summed E-state index contributed by atoms with van der Waals surface area (Å²) < 4.78 is 22.2. The van der Waals surface area contributed by atoms with E-state index in [1.807, 2.05) is 30.3 Å². The summed E-state index contributed by atoms with van der Waals surface area (Å²) in [5.74, 6) is -0.664. The number of hydrogen-bond acceptors (Lipinski definition) is 3. The quantitative estimate of drug-likeness (QED) is 0.428. The van der Waals surface area contributed by atoms with Crippen molar-refractivity contribution in [1.29, 1.82) is 0 Å². The topological polar surface area (TPSA) is 51.2 Å². The highest BCUT2D eigenvalue weighted by Crippen LogP contribution is 2.39. The van der Waals surface area contributed by atoms with Crippen LogP contribution in [0.25, 0.3) is 0 Å². The van der Waals surface area contributed by atoms with Gasteiger partial charge in [0.2, 0.25) is 10.3 Å². The molecule has 3 nitrogen and oxygen atoms in total. The molecule has 0 aliphatic carbocycles. The molecule has 2 unspecified atom stereocenters. The van der Waals surface area contributed by atoms with Crippen LogP contribution in [-0.4, -0.2) is 24.4 Å². The van der Waals surface area contributed by atoms with Crippen LogP contribution >= 0.6 is 39.1 Å². The lowest BCUT2D eigenvalue weighted by atomic mass is 9.80. The van der Waals surface area contributed by atoms with E-state index in [2.05, 4.69) is 15.9 Å². The van der Waals surface area contributed by atoms with Gasteiger partial charge >= 0.3 is 0 Å². The van der Waals surface area contributed by atoms with Crippen LogP contribution in [0.4, 0.5) is 0 Å².